The fourth-order valence-corrected chi connectivity index (χ4v) is 4.10. The molecule has 0 aliphatic heterocycles. The minimum Gasteiger partial charge on any atom is -0.399 e. The summed E-state index contributed by atoms with van der Waals surface area (Å²) in [6.45, 7) is 2.53. The van der Waals surface area contributed by atoms with Crippen LogP contribution in [0.5, 0.6) is 0 Å². The van der Waals surface area contributed by atoms with Crippen molar-refractivity contribution in [3.05, 3.63) is 64.1 Å². The Labute approximate surface area is 157 Å². The fraction of sp³-hybridized carbons (Fsp3) is 0.333. The lowest BCUT2D eigenvalue weighted by Crippen LogP contribution is -2.36. The van der Waals surface area contributed by atoms with Gasteiger partial charge in [0, 0.05) is 12.2 Å². The summed E-state index contributed by atoms with van der Waals surface area (Å²) in [5, 5.41) is 3.11. The Morgan fingerprint density at radius 2 is 1.93 bits per heavy atom. The number of hydrogen-bond acceptors (Lipinski definition) is 3. The normalized spacial score (nSPS) is 16.3. The van der Waals surface area contributed by atoms with E-state index in [1.54, 1.807) is 9.13 Å². The Morgan fingerprint density at radius 3 is 2.67 bits per heavy atom. The average molecular weight is 364 g/mol. The predicted octanol–water partition coefficient (Wildman–Crippen LogP) is 2.60. The molecule has 0 bridgehead atoms. The minimum absolute atomic E-state index is 0.0210. The number of nitrogen functional groups attached to an aromatic ring is 1. The van der Waals surface area contributed by atoms with Gasteiger partial charge >= 0.3 is 5.69 Å². The van der Waals surface area contributed by atoms with Crippen LogP contribution in [0.15, 0.2) is 47.3 Å². The van der Waals surface area contributed by atoms with Crippen molar-refractivity contribution in [2.45, 2.75) is 45.3 Å². The number of anilines is 1. The van der Waals surface area contributed by atoms with Crippen LogP contribution >= 0.6 is 0 Å². The summed E-state index contributed by atoms with van der Waals surface area (Å²) in [4.78, 5) is 25.5. The monoisotopic (exact) mass is 364 g/mol. The van der Waals surface area contributed by atoms with Crippen molar-refractivity contribution in [1.29, 1.82) is 0 Å². The van der Waals surface area contributed by atoms with Gasteiger partial charge in [-0.05, 0) is 61.6 Å². The van der Waals surface area contributed by atoms with E-state index in [0.717, 1.165) is 41.5 Å². The SMILES string of the molecule is CCn1c(=O)n(CC(=O)NC2CCCc3cc(N)ccc32)c2ccccc21. The number of aromatic nitrogens is 2. The van der Waals surface area contributed by atoms with Gasteiger partial charge in [-0.25, -0.2) is 4.79 Å². The maximum Gasteiger partial charge on any atom is 0.329 e. The molecule has 3 aromatic rings. The number of imidazole rings is 1. The molecule has 1 atom stereocenters. The summed E-state index contributed by atoms with van der Waals surface area (Å²) in [5.41, 5.74) is 10.5. The van der Waals surface area contributed by atoms with E-state index in [-0.39, 0.29) is 24.2 Å². The van der Waals surface area contributed by atoms with E-state index in [2.05, 4.69) is 5.32 Å². The first-order valence-corrected chi connectivity index (χ1v) is 9.44. The van der Waals surface area contributed by atoms with Gasteiger partial charge in [0.25, 0.3) is 0 Å². The van der Waals surface area contributed by atoms with Crippen LogP contribution < -0.4 is 16.7 Å². The van der Waals surface area contributed by atoms with Crippen LogP contribution in [0.1, 0.15) is 36.9 Å². The molecular weight excluding hydrogens is 340 g/mol. The molecule has 1 aliphatic carbocycles. The lowest BCUT2D eigenvalue weighted by molar-refractivity contribution is -0.122. The molecule has 0 radical (unpaired) electrons. The van der Waals surface area contributed by atoms with Crippen molar-refractivity contribution in [3.63, 3.8) is 0 Å². The van der Waals surface area contributed by atoms with Crippen LogP contribution in [-0.4, -0.2) is 15.0 Å². The van der Waals surface area contributed by atoms with E-state index < -0.39 is 0 Å². The summed E-state index contributed by atoms with van der Waals surface area (Å²) >= 11 is 0. The molecule has 1 unspecified atom stereocenters. The zero-order valence-electron chi connectivity index (χ0n) is 15.4. The highest BCUT2D eigenvalue weighted by Crippen LogP contribution is 2.31. The number of amides is 1. The van der Waals surface area contributed by atoms with E-state index in [1.165, 1.54) is 5.56 Å². The van der Waals surface area contributed by atoms with Crippen LogP contribution in [-0.2, 0) is 24.3 Å². The number of benzene rings is 2. The third kappa shape index (κ3) is 3.12. The van der Waals surface area contributed by atoms with Gasteiger partial charge in [0.15, 0.2) is 0 Å². The zero-order chi connectivity index (χ0) is 19.0. The summed E-state index contributed by atoms with van der Waals surface area (Å²) in [6.07, 6.45) is 2.89. The fourth-order valence-electron chi connectivity index (χ4n) is 4.10. The van der Waals surface area contributed by atoms with E-state index in [9.17, 15) is 9.59 Å². The van der Waals surface area contributed by atoms with E-state index in [1.807, 2.05) is 49.4 Å². The van der Waals surface area contributed by atoms with Crippen molar-refractivity contribution >= 4 is 22.6 Å². The molecule has 6 heteroatoms. The van der Waals surface area contributed by atoms with Crippen LogP contribution in [0, 0.1) is 0 Å². The second-order valence-corrected chi connectivity index (χ2v) is 7.07. The van der Waals surface area contributed by atoms with Crippen molar-refractivity contribution in [1.82, 2.24) is 14.5 Å². The first kappa shape index (κ1) is 17.4. The molecule has 0 saturated heterocycles. The minimum atomic E-state index is -0.148. The standard InChI is InChI=1S/C21H24N4O2/c1-2-24-18-8-3-4-9-19(18)25(21(24)27)13-20(26)23-17-7-5-6-14-12-15(22)10-11-16(14)17/h3-4,8-12,17H,2,5-7,13,22H2,1H3,(H,23,26). The highest BCUT2D eigenvalue weighted by atomic mass is 16.2. The molecule has 0 fully saturated rings. The van der Waals surface area contributed by atoms with Gasteiger partial charge in [-0.2, -0.15) is 0 Å². The first-order valence-electron chi connectivity index (χ1n) is 9.44. The number of carbonyl (C=O) groups is 1. The number of nitrogens with one attached hydrogen (secondary N) is 1. The number of rotatable bonds is 4. The first-order chi connectivity index (χ1) is 13.1. The molecule has 0 spiro atoms. The second-order valence-electron chi connectivity index (χ2n) is 7.07. The van der Waals surface area contributed by atoms with E-state index >= 15 is 0 Å². The van der Waals surface area contributed by atoms with Crippen molar-refractivity contribution in [3.8, 4) is 0 Å². The molecule has 1 amide bonds. The third-order valence-corrected chi connectivity index (χ3v) is 5.36. The summed E-state index contributed by atoms with van der Waals surface area (Å²) in [5.74, 6) is -0.147. The predicted molar refractivity (Wildman–Crippen MR) is 107 cm³/mol. The molecule has 6 nitrogen and oxygen atoms in total. The van der Waals surface area contributed by atoms with Crippen LogP contribution in [0.2, 0.25) is 0 Å². The molecule has 27 heavy (non-hydrogen) atoms. The Morgan fingerprint density at radius 1 is 1.19 bits per heavy atom. The number of fused-ring (bicyclic) bond motifs is 2. The number of hydrogen-bond donors (Lipinski definition) is 2. The van der Waals surface area contributed by atoms with Crippen molar-refractivity contribution in [2.75, 3.05) is 5.73 Å². The van der Waals surface area contributed by atoms with Gasteiger partial charge in [0.2, 0.25) is 5.91 Å². The van der Waals surface area contributed by atoms with Gasteiger partial charge in [-0.3, -0.25) is 13.9 Å². The summed E-state index contributed by atoms with van der Waals surface area (Å²) < 4.78 is 3.25. The van der Waals surface area contributed by atoms with Crippen molar-refractivity contribution in [2.24, 2.45) is 0 Å². The zero-order valence-corrected chi connectivity index (χ0v) is 15.4. The van der Waals surface area contributed by atoms with E-state index in [0.29, 0.717) is 6.54 Å². The quantitative estimate of drug-likeness (QED) is 0.698. The number of nitrogens with two attached hydrogens (primary N) is 1. The van der Waals surface area contributed by atoms with Gasteiger partial charge in [0.05, 0.1) is 17.1 Å². The molecule has 0 saturated carbocycles. The maximum atomic E-state index is 12.7. The second kappa shape index (κ2) is 6.95. The Bertz CT molecular complexity index is 1060. The average Bonchev–Trinajstić information content (AvgIpc) is 2.93. The highest BCUT2D eigenvalue weighted by Gasteiger charge is 2.23. The van der Waals surface area contributed by atoms with Crippen LogP contribution in [0.25, 0.3) is 11.0 Å². The molecular formula is C21H24N4O2. The van der Waals surface area contributed by atoms with Gasteiger partial charge < -0.3 is 11.1 Å². The van der Waals surface area contributed by atoms with Gasteiger partial charge in [-0.15, -0.1) is 0 Å². The topological polar surface area (TPSA) is 82.0 Å². The summed E-state index contributed by atoms with van der Waals surface area (Å²) in [7, 11) is 0. The molecule has 1 heterocycles. The number of aryl methyl sites for hydroxylation is 2. The third-order valence-electron chi connectivity index (χ3n) is 5.36. The molecule has 1 aliphatic rings. The lowest BCUT2D eigenvalue weighted by atomic mass is 9.87. The molecule has 2 aromatic carbocycles. The smallest absolute Gasteiger partial charge is 0.329 e. The molecule has 140 valence electrons. The molecule has 3 N–H and O–H groups in total. The highest BCUT2D eigenvalue weighted by molar-refractivity contribution is 5.81. The number of carbonyl (C=O) groups excluding carboxylic acids is 1. The van der Waals surface area contributed by atoms with Crippen molar-refractivity contribution < 1.29 is 4.79 Å². The number of para-hydroxylation sites is 2. The van der Waals surface area contributed by atoms with Crippen LogP contribution in [0.4, 0.5) is 5.69 Å². The summed E-state index contributed by atoms with van der Waals surface area (Å²) in [6, 6.07) is 13.4. The van der Waals surface area contributed by atoms with E-state index in [4.69, 9.17) is 5.73 Å². The Hall–Kier alpha value is -3.02. The Balaban J connectivity index is 1.59. The Kier molecular flexibility index (Phi) is 4.48. The number of nitrogens with zero attached hydrogens (tertiary/aromatic N) is 2. The van der Waals surface area contributed by atoms with Gasteiger partial charge in [0.1, 0.15) is 6.54 Å². The van der Waals surface area contributed by atoms with Gasteiger partial charge in [-0.1, -0.05) is 18.2 Å². The van der Waals surface area contributed by atoms with Crippen LogP contribution in [0.3, 0.4) is 0 Å². The molecule has 4 rings (SSSR count). The largest absolute Gasteiger partial charge is 0.399 e. The maximum absolute atomic E-state index is 12.7. The molecule has 1 aromatic heterocycles. The lowest BCUT2D eigenvalue weighted by Gasteiger charge is -2.26.